The van der Waals surface area contributed by atoms with Crippen molar-refractivity contribution in [3.05, 3.63) is 28.8 Å². The number of hydrogen-bond acceptors (Lipinski definition) is 4. The van der Waals surface area contributed by atoms with Crippen LogP contribution in [0.5, 0.6) is 5.75 Å². The molecule has 0 saturated heterocycles. The van der Waals surface area contributed by atoms with Crippen molar-refractivity contribution in [2.75, 3.05) is 7.11 Å². The number of carbonyl (C=O) groups excluding carboxylic acids is 1. The van der Waals surface area contributed by atoms with E-state index in [0.717, 1.165) is 22.4 Å². The molecule has 1 aromatic rings. The Bertz CT molecular complexity index is 458. The van der Waals surface area contributed by atoms with Crippen molar-refractivity contribution < 1.29 is 9.53 Å². The van der Waals surface area contributed by atoms with Crippen LogP contribution in [0.2, 0.25) is 0 Å². The number of amides is 1. The third kappa shape index (κ3) is 3.68. The first-order chi connectivity index (χ1) is 8.90. The van der Waals surface area contributed by atoms with Crippen molar-refractivity contribution in [1.29, 1.82) is 0 Å². The molecule has 1 unspecified atom stereocenters. The minimum Gasteiger partial charge on any atom is -0.496 e. The number of methoxy groups -OCH3 is 1. The van der Waals surface area contributed by atoms with E-state index >= 15 is 0 Å². The lowest BCUT2D eigenvalue weighted by atomic mass is 9.93. The first-order valence-corrected chi connectivity index (χ1v) is 6.34. The molecular weight excluding hydrogens is 242 g/mol. The van der Waals surface area contributed by atoms with Gasteiger partial charge in [-0.1, -0.05) is 19.9 Å². The molecule has 0 spiro atoms. The third-order valence-corrected chi connectivity index (χ3v) is 3.23. The highest BCUT2D eigenvalue weighted by molar-refractivity contribution is 5.81. The normalized spacial score (nSPS) is 12.4. The highest BCUT2D eigenvalue weighted by Crippen LogP contribution is 2.30. The Morgan fingerprint density at radius 3 is 2.53 bits per heavy atom. The minimum absolute atomic E-state index is 0.342. The van der Waals surface area contributed by atoms with E-state index in [9.17, 15) is 4.79 Å². The first-order valence-electron chi connectivity index (χ1n) is 6.34. The van der Waals surface area contributed by atoms with Crippen LogP contribution >= 0.6 is 0 Å². The Morgan fingerprint density at radius 2 is 2.05 bits per heavy atom. The minimum atomic E-state index is -0.642. The maximum atomic E-state index is 11.4. The molecule has 1 aromatic carbocycles. The summed E-state index contributed by atoms with van der Waals surface area (Å²) in [6.45, 7) is 6.18. The van der Waals surface area contributed by atoms with Gasteiger partial charge in [-0.2, -0.15) is 0 Å². The van der Waals surface area contributed by atoms with Crippen LogP contribution in [0.1, 0.15) is 36.5 Å². The molecule has 106 valence electrons. The second-order valence-corrected chi connectivity index (χ2v) is 4.99. The summed E-state index contributed by atoms with van der Waals surface area (Å²) in [5, 5.41) is 0. The molecule has 19 heavy (non-hydrogen) atoms. The fourth-order valence-corrected chi connectivity index (χ4v) is 2.03. The van der Waals surface area contributed by atoms with Crippen molar-refractivity contribution in [3.8, 4) is 5.75 Å². The van der Waals surface area contributed by atoms with Gasteiger partial charge in [-0.15, -0.1) is 0 Å². The monoisotopic (exact) mass is 265 g/mol. The maximum absolute atomic E-state index is 11.4. The van der Waals surface area contributed by atoms with Gasteiger partial charge in [0.15, 0.2) is 0 Å². The van der Waals surface area contributed by atoms with Crippen LogP contribution in [-0.4, -0.2) is 19.1 Å². The number of ether oxygens (including phenoxy) is 1. The van der Waals surface area contributed by atoms with Crippen LogP contribution in [0.15, 0.2) is 12.1 Å². The molecule has 5 nitrogen and oxygen atoms in total. The summed E-state index contributed by atoms with van der Waals surface area (Å²) in [5.41, 5.74) is 11.1. The Kier molecular flexibility index (Phi) is 5.32. The molecule has 0 aliphatic rings. The van der Waals surface area contributed by atoms with E-state index in [-0.39, 0.29) is 5.91 Å². The SMILES string of the molecule is COc1cc(C)c(CC(N)C(=O)NN)cc1C(C)C. The van der Waals surface area contributed by atoms with Crippen molar-refractivity contribution >= 4 is 5.91 Å². The average molecular weight is 265 g/mol. The van der Waals surface area contributed by atoms with E-state index in [0.29, 0.717) is 12.3 Å². The molecule has 0 radical (unpaired) electrons. The Morgan fingerprint density at radius 1 is 1.42 bits per heavy atom. The fraction of sp³-hybridized carbons (Fsp3) is 0.500. The molecule has 5 heteroatoms. The number of nitrogens with one attached hydrogen (secondary N) is 1. The second kappa shape index (κ2) is 6.54. The number of hydrogen-bond donors (Lipinski definition) is 3. The van der Waals surface area contributed by atoms with E-state index in [1.807, 2.05) is 13.0 Å². The Labute approximate surface area is 114 Å². The van der Waals surface area contributed by atoms with Crippen LogP contribution in [-0.2, 0) is 11.2 Å². The van der Waals surface area contributed by atoms with Crippen LogP contribution in [0.4, 0.5) is 0 Å². The van der Waals surface area contributed by atoms with Gasteiger partial charge in [0.1, 0.15) is 5.75 Å². The van der Waals surface area contributed by atoms with Gasteiger partial charge in [0, 0.05) is 0 Å². The molecule has 0 aliphatic carbocycles. The summed E-state index contributed by atoms with van der Waals surface area (Å²) >= 11 is 0. The predicted molar refractivity (Wildman–Crippen MR) is 75.8 cm³/mol. The highest BCUT2D eigenvalue weighted by atomic mass is 16.5. The van der Waals surface area contributed by atoms with E-state index in [2.05, 4.69) is 25.3 Å². The average Bonchev–Trinajstić information content (AvgIpc) is 2.38. The molecule has 0 aliphatic heterocycles. The lowest BCUT2D eigenvalue weighted by Gasteiger charge is -2.18. The van der Waals surface area contributed by atoms with Gasteiger partial charge in [0.25, 0.3) is 5.91 Å². The van der Waals surface area contributed by atoms with Crippen LogP contribution in [0.3, 0.4) is 0 Å². The molecule has 0 fully saturated rings. The Hall–Kier alpha value is -1.59. The summed E-state index contributed by atoms with van der Waals surface area (Å²) in [5.74, 6) is 5.94. The van der Waals surface area contributed by atoms with E-state index in [1.54, 1.807) is 7.11 Å². The van der Waals surface area contributed by atoms with Gasteiger partial charge < -0.3 is 10.5 Å². The molecule has 1 atom stereocenters. The first kappa shape index (κ1) is 15.5. The molecule has 0 heterocycles. The second-order valence-electron chi connectivity index (χ2n) is 4.99. The van der Waals surface area contributed by atoms with Crippen LogP contribution < -0.4 is 21.7 Å². The number of hydrazine groups is 1. The van der Waals surface area contributed by atoms with Crippen LogP contribution in [0, 0.1) is 6.92 Å². The number of nitrogens with two attached hydrogens (primary N) is 2. The number of rotatable bonds is 5. The molecule has 1 amide bonds. The summed E-state index contributed by atoms with van der Waals surface area (Å²) in [4.78, 5) is 11.4. The summed E-state index contributed by atoms with van der Waals surface area (Å²) in [6.07, 6.45) is 0.457. The lowest BCUT2D eigenvalue weighted by Crippen LogP contribution is -2.45. The van der Waals surface area contributed by atoms with Crippen molar-refractivity contribution in [1.82, 2.24) is 5.43 Å². The number of aryl methyl sites for hydroxylation is 1. The van der Waals surface area contributed by atoms with Crippen molar-refractivity contribution in [3.63, 3.8) is 0 Å². The van der Waals surface area contributed by atoms with E-state index < -0.39 is 6.04 Å². The van der Waals surface area contributed by atoms with E-state index in [1.165, 1.54) is 0 Å². The van der Waals surface area contributed by atoms with Crippen LogP contribution in [0.25, 0.3) is 0 Å². The Balaban J connectivity index is 3.08. The molecule has 0 aromatic heterocycles. The van der Waals surface area contributed by atoms with Crippen molar-refractivity contribution in [2.24, 2.45) is 11.6 Å². The fourth-order valence-electron chi connectivity index (χ4n) is 2.03. The molecule has 5 N–H and O–H groups in total. The molecular formula is C14H23N3O2. The summed E-state index contributed by atoms with van der Waals surface area (Å²) in [7, 11) is 1.66. The highest BCUT2D eigenvalue weighted by Gasteiger charge is 2.17. The summed E-state index contributed by atoms with van der Waals surface area (Å²) in [6, 6.07) is 3.40. The van der Waals surface area contributed by atoms with E-state index in [4.69, 9.17) is 16.3 Å². The predicted octanol–water partition coefficient (Wildman–Crippen LogP) is 0.987. The van der Waals surface area contributed by atoms with Gasteiger partial charge in [-0.05, 0) is 42.0 Å². The molecule has 0 bridgehead atoms. The zero-order valence-electron chi connectivity index (χ0n) is 12.0. The van der Waals surface area contributed by atoms with Crippen molar-refractivity contribution in [2.45, 2.75) is 39.2 Å². The standard InChI is InChI=1S/C14H23N3O2/c1-8(2)11-6-10(7-12(15)14(18)17-16)9(3)5-13(11)19-4/h5-6,8,12H,7,15-16H2,1-4H3,(H,17,18). The third-order valence-electron chi connectivity index (χ3n) is 3.23. The van der Waals surface area contributed by atoms with Gasteiger partial charge >= 0.3 is 0 Å². The zero-order chi connectivity index (χ0) is 14.6. The van der Waals surface area contributed by atoms with Gasteiger partial charge in [-0.25, -0.2) is 5.84 Å². The maximum Gasteiger partial charge on any atom is 0.251 e. The lowest BCUT2D eigenvalue weighted by molar-refractivity contribution is -0.122. The molecule has 0 saturated carbocycles. The topological polar surface area (TPSA) is 90.4 Å². The quantitative estimate of drug-likeness (QED) is 0.420. The van der Waals surface area contributed by atoms with Gasteiger partial charge in [0.2, 0.25) is 0 Å². The smallest absolute Gasteiger partial charge is 0.251 e. The van der Waals surface area contributed by atoms with Gasteiger partial charge in [-0.3, -0.25) is 10.2 Å². The molecule has 1 rings (SSSR count). The number of carbonyl (C=O) groups is 1. The number of benzene rings is 1. The van der Waals surface area contributed by atoms with Gasteiger partial charge in [0.05, 0.1) is 13.2 Å². The summed E-state index contributed by atoms with van der Waals surface area (Å²) < 4.78 is 5.39. The zero-order valence-corrected chi connectivity index (χ0v) is 12.0. The largest absolute Gasteiger partial charge is 0.496 e.